The Morgan fingerprint density at radius 1 is 1.44 bits per heavy atom. The fraction of sp³-hybridized carbons (Fsp3) is 0.500. The number of hydrogen-bond donors (Lipinski definition) is 2. The lowest BCUT2D eigenvalue weighted by Crippen LogP contribution is -2.40. The molecule has 0 spiro atoms. The Balaban J connectivity index is 2.06. The van der Waals surface area contributed by atoms with E-state index < -0.39 is 22.0 Å². The molecule has 1 aromatic carbocycles. The van der Waals surface area contributed by atoms with E-state index in [4.69, 9.17) is 11.6 Å². The molecule has 0 radical (unpaired) electrons. The first-order chi connectivity index (χ1) is 8.37. The summed E-state index contributed by atoms with van der Waals surface area (Å²) in [6.07, 6.45) is -0.836. The summed E-state index contributed by atoms with van der Waals surface area (Å²) in [5.41, 5.74) is 0.971. The van der Waals surface area contributed by atoms with E-state index in [1.165, 1.54) is 0 Å². The van der Waals surface area contributed by atoms with Crippen LogP contribution in [0.25, 0.3) is 0 Å². The number of sulfone groups is 1. The first kappa shape index (κ1) is 13.8. The first-order valence-electron chi connectivity index (χ1n) is 5.77. The summed E-state index contributed by atoms with van der Waals surface area (Å²) in [6.45, 7) is 1.92. The molecule has 100 valence electrons. The average molecular weight is 290 g/mol. The highest BCUT2D eigenvalue weighted by atomic mass is 35.5. The Hall–Kier alpha value is -0.620. The number of rotatable bonds is 3. The lowest BCUT2D eigenvalue weighted by molar-refractivity contribution is 0.160. The third kappa shape index (κ3) is 3.23. The van der Waals surface area contributed by atoms with Gasteiger partial charge in [-0.05, 0) is 24.6 Å². The topological polar surface area (TPSA) is 66.4 Å². The quantitative estimate of drug-likeness (QED) is 0.876. The minimum absolute atomic E-state index is 0.0148. The number of aliphatic hydroxyl groups excluding tert-OH is 1. The van der Waals surface area contributed by atoms with Crippen molar-refractivity contribution in [3.63, 3.8) is 0 Å². The fourth-order valence-corrected chi connectivity index (χ4v) is 4.13. The summed E-state index contributed by atoms with van der Waals surface area (Å²) >= 11 is 5.91. The van der Waals surface area contributed by atoms with Crippen LogP contribution in [0.15, 0.2) is 24.3 Å². The lowest BCUT2D eigenvalue weighted by atomic mass is 10.1. The zero-order valence-corrected chi connectivity index (χ0v) is 11.6. The molecular formula is C12H16ClNO3S. The molecule has 2 rings (SSSR count). The smallest absolute Gasteiger partial charge is 0.154 e. The number of aliphatic hydroxyl groups is 1. The first-order valence-corrected chi connectivity index (χ1v) is 7.97. The van der Waals surface area contributed by atoms with Crippen LogP contribution in [-0.4, -0.2) is 37.2 Å². The van der Waals surface area contributed by atoms with Crippen molar-refractivity contribution in [2.75, 3.05) is 11.5 Å². The average Bonchev–Trinajstić information content (AvgIpc) is 2.51. The van der Waals surface area contributed by atoms with Crippen molar-refractivity contribution in [3.05, 3.63) is 34.9 Å². The summed E-state index contributed by atoms with van der Waals surface area (Å²) in [6, 6.07) is 6.90. The zero-order valence-electron chi connectivity index (χ0n) is 10.0. The number of hydrogen-bond acceptors (Lipinski definition) is 4. The maximum atomic E-state index is 11.4. The van der Waals surface area contributed by atoms with Gasteiger partial charge in [-0.1, -0.05) is 23.7 Å². The number of nitrogens with one attached hydrogen (secondary N) is 1. The Bertz CT molecular complexity index is 532. The van der Waals surface area contributed by atoms with E-state index in [-0.39, 0.29) is 17.5 Å². The van der Waals surface area contributed by atoms with E-state index >= 15 is 0 Å². The van der Waals surface area contributed by atoms with E-state index in [0.29, 0.717) is 5.02 Å². The Kier molecular flexibility index (Phi) is 3.96. The molecule has 1 heterocycles. The van der Waals surface area contributed by atoms with Crippen LogP contribution in [0, 0.1) is 0 Å². The molecule has 1 aliphatic heterocycles. The van der Waals surface area contributed by atoms with Gasteiger partial charge in [0.05, 0.1) is 17.6 Å². The summed E-state index contributed by atoms with van der Waals surface area (Å²) in [5.74, 6) is -0.175. The third-order valence-electron chi connectivity index (χ3n) is 3.14. The van der Waals surface area contributed by atoms with Crippen LogP contribution in [0.3, 0.4) is 0 Å². The predicted octanol–water partition coefficient (Wildman–Crippen LogP) is 1.15. The van der Waals surface area contributed by atoms with Crippen molar-refractivity contribution < 1.29 is 13.5 Å². The number of halogens is 1. The monoisotopic (exact) mass is 289 g/mol. The van der Waals surface area contributed by atoms with Gasteiger partial charge < -0.3 is 10.4 Å². The van der Waals surface area contributed by atoms with Crippen LogP contribution in [-0.2, 0) is 9.84 Å². The maximum Gasteiger partial charge on any atom is 0.154 e. The van der Waals surface area contributed by atoms with Gasteiger partial charge in [0.25, 0.3) is 0 Å². The highest BCUT2D eigenvalue weighted by Crippen LogP contribution is 2.20. The number of benzene rings is 1. The largest absolute Gasteiger partial charge is 0.390 e. The van der Waals surface area contributed by atoms with Crippen LogP contribution in [0.1, 0.15) is 18.5 Å². The van der Waals surface area contributed by atoms with Crippen LogP contribution in [0.4, 0.5) is 0 Å². The predicted molar refractivity (Wildman–Crippen MR) is 71.5 cm³/mol. The summed E-state index contributed by atoms with van der Waals surface area (Å²) in [5, 5.41) is 13.5. The van der Waals surface area contributed by atoms with Gasteiger partial charge in [0.1, 0.15) is 0 Å². The Morgan fingerprint density at radius 3 is 2.72 bits per heavy atom. The van der Waals surface area contributed by atoms with Crippen LogP contribution >= 0.6 is 11.6 Å². The van der Waals surface area contributed by atoms with Gasteiger partial charge in [0.2, 0.25) is 0 Å². The molecule has 1 aliphatic rings. The Morgan fingerprint density at radius 2 is 2.17 bits per heavy atom. The highest BCUT2D eigenvalue weighted by Gasteiger charge is 2.36. The molecule has 0 bridgehead atoms. The minimum Gasteiger partial charge on any atom is -0.390 e. The van der Waals surface area contributed by atoms with Crippen LogP contribution in [0.5, 0.6) is 0 Å². The standard InChI is InChI=1S/C12H16ClNO3S/c1-8(9-3-2-4-10(13)5-9)14-11-6-18(16,17)7-12(11)15/h2-5,8,11-12,14-15H,6-7H2,1H3/t8-,11?,12?/m0/s1. The van der Waals surface area contributed by atoms with E-state index in [1.54, 1.807) is 6.07 Å². The van der Waals surface area contributed by atoms with E-state index in [1.807, 2.05) is 25.1 Å². The molecule has 6 heteroatoms. The van der Waals surface area contributed by atoms with Crippen molar-refractivity contribution in [1.29, 1.82) is 0 Å². The second kappa shape index (κ2) is 5.17. The molecule has 0 aromatic heterocycles. The summed E-state index contributed by atoms with van der Waals surface area (Å²) in [7, 11) is -3.12. The highest BCUT2D eigenvalue weighted by molar-refractivity contribution is 7.91. The van der Waals surface area contributed by atoms with Crippen molar-refractivity contribution in [2.45, 2.75) is 25.1 Å². The molecule has 0 amide bonds. The second-order valence-electron chi connectivity index (χ2n) is 4.69. The van der Waals surface area contributed by atoms with Gasteiger partial charge in [-0.3, -0.25) is 0 Å². The molecule has 4 nitrogen and oxygen atoms in total. The molecule has 0 saturated carbocycles. The maximum absolute atomic E-state index is 11.4. The SMILES string of the molecule is C[C@H](NC1CS(=O)(=O)CC1O)c1cccc(Cl)c1. The van der Waals surface area contributed by atoms with Gasteiger partial charge >= 0.3 is 0 Å². The molecule has 1 saturated heterocycles. The third-order valence-corrected chi connectivity index (χ3v) is 5.09. The van der Waals surface area contributed by atoms with Crippen molar-refractivity contribution in [1.82, 2.24) is 5.32 Å². The fourth-order valence-electron chi connectivity index (χ4n) is 2.18. The molecule has 1 fully saturated rings. The van der Waals surface area contributed by atoms with Crippen LogP contribution < -0.4 is 5.32 Å². The van der Waals surface area contributed by atoms with Gasteiger partial charge in [0, 0.05) is 17.1 Å². The summed E-state index contributed by atoms with van der Waals surface area (Å²) < 4.78 is 22.8. The minimum atomic E-state index is -3.12. The van der Waals surface area contributed by atoms with Gasteiger partial charge in [0.15, 0.2) is 9.84 Å². The summed E-state index contributed by atoms with van der Waals surface area (Å²) in [4.78, 5) is 0. The van der Waals surface area contributed by atoms with Gasteiger partial charge in [-0.15, -0.1) is 0 Å². The lowest BCUT2D eigenvalue weighted by Gasteiger charge is -2.21. The molecule has 1 aromatic rings. The van der Waals surface area contributed by atoms with Crippen molar-refractivity contribution in [2.24, 2.45) is 0 Å². The van der Waals surface area contributed by atoms with E-state index in [0.717, 1.165) is 5.56 Å². The molecular weight excluding hydrogens is 274 g/mol. The molecule has 2 N–H and O–H groups in total. The van der Waals surface area contributed by atoms with Crippen LogP contribution in [0.2, 0.25) is 5.02 Å². The van der Waals surface area contributed by atoms with E-state index in [9.17, 15) is 13.5 Å². The molecule has 2 unspecified atom stereocenters. The molecule has 18 heavy (non-hydrogen) atoms. The Labute approximate surface area is 112 Å². The molecule has 3 atom stereocenters. The zero-order chi connectivity index (χ0) is 13.3. The van der Waals surface area contributed by atoms with Crippen molar-refractivity contribution in [3.8, 4) is 0 Å². The molecule has 0 aliphatic carbocycles. The van der Waals surface area contributed by atoms with E-state index in [2.05, 4.69) is 5.32 Å². The van der Waals surface area contributed by atoms with Gasteiger partial charge in [-0.2, -0.15) is 0 Å². The van der Waals surface area contributed by atoms with Gasteiger partial charge in [-0.25, -0.2) is 8.42 Å². The normalized spacial score (nSPS) is 28.2. The second-order valence-corrected chi connectivity index (χ2v) is 7.28. The van der Waals surface area contributed by atoms with Crippen molar-refractivity contribution >= 4 is 21.4 Å².